The molecule has 2 aromatic rings. The highest BCUT2D eigenvalue weighted by Crippen LogP contribution is 2.23. The Hall–Kier alpha value is -1.29. The Labute approximate surface area is 97.0 Å². The van der Waals surface area contributed by atoms with E-state index >= 15 is 0 Å². The van der Waals surface area contributed by atoms with Crippen molar-refractivity contribution in [3.8, 4) is 0 Å². The van der Waals surface area contributed by atoms with Crippen molar-refractivity contribution in [2.45, 2.75) is 13.5 Å². The zero-order valence-corrected chi connectivity index (χ0v) is 10.0. The molecule has 15 heavy (non-hydrogen) atoms. The van der Waals surface area contributed by atoms with Gasteiger partial charge in [0.15, 0.2) is 0 Å². The van der Waals surface area contributed by atoms with Gasteiger partial charge in [-0.1, -0.05) is 6.07 Å². The quantitative estimate of drug-likeness (QED) is 0.896. The van der Waals surface area contributed by atoms with E-state index in [2.05, 4.69) is 56.6 Å². The summed E-state index contributed by atoms with van der Waals surface area (Å²) in [5.74, 6) is 0. The molecule has 0 amide bonds. The maximum atomic E-state index is 3.89. The molecule has 0 aliphatic heterocycles. The van der Waals surface area contributed by atoms with Gasteiger partial charge in [-0.25, -0.2) is 0 Å². The third-order valence-electron chi connectivity index (χ3n) is 2.15. The molecule has 2 rings (SSSR count). The van der Waals surface area contributed by atoms with Gasteiger partial charge in [-0.2, -0.15) is 5.10 Å². The van der Waals surface area contributed by atoms with Gasteiger partial charge in [0.2, 0.25) is 0 Å². The van der Waals surface area contributed by atoms with Gasteiger partial charge >= 0.3 is 0 Å². The van der Waals surface area contributed by atoms with E-state index < -0.39 is 0 Å². The normalized spacial score (nSPS) is 10.3. The van der Waals surface area contributed by atoms with E-state index in [-0.39, 0.29) is 0 Å². The SMILES string of the molecule is Cc1ccc(NCc2ccn[nH]2)c(Br)c1. The second-order valence-corrected chi connectivity index (χ2v) is 4.27. The molecule has 78 valence electrons. The van der Waals surface area contributed by atoms with E-state index in [4.69, 9.17) is 0 Å². The first-order chi connectivity index (χ1) is 7.25. The summed E-state index contributed by atoms with van der Waals surface area (Å²) >= 11 is 3.52. The molecule has 0 radical (unpaired) electrons. The van der Waals surface area contributed by atoms with Crippen LogP contribution in [0, 0.1) is 6.92 Å². The molecule has 0 bridgehead atoms. The summed E-state index contributed by atoms with van der Waals surface area (Å²) in [6.07, 6.45) is 1.75. The van der Waals surface area contributed by atoms with E-state index in [1.54, 1.807) is 6.20 Å². The fraction of sp³-hybridized carbons (Fsp3) is 0.182. The van der Waals surface area contributed by atoms with Gasteiger partial charge < -0.3 is 5.32 Å². The van der Waals surface area contributed by atoms with Crippen molar-refractivity contribution in [3.05, 3.63) is 46.2 Å². The molecular formula is C11H12BrN3. The van der Waals surface area contributed by atoms with Gasteiger partial charge in [0, 0.05) is 16.4 Å². The minimum atomic E-state index is 0.752. The molecule has 0 fully saturated rings. The van der Waals surface area contributed by atoms with Crippen molar-refractivity contribution in [1.29, 1.82) is 0 Å². The molecule has 1 aromatic heterocycles. The Bertz CT molecular complexity index is 437. The Morgan fingerprint density at radius 1 is 1.40 bits per heavy atom. The first-order valence-electron chi connectivity index (χ1n) is 4.74. The van der Waals surface area contributed by atoms with Crippen LogP contribution in [0.2, 0.25) is 0 Å². The average Bonchev–Trinajstić information content (AvgIpc) is 2.69. The lowest BCUT2D eigenvalue weighted by Gasteiger charge is -2.07. The Kier molecular flexibility index (Phi) is 3.06. The first-order valence-corrected chi connectivity index (χ1v) is 5.53. The lowest BCUT2D eigenvalue weighted by Crippen LogP contribution is -2.00. The molecular weight excluding hydrogens is 254 g/mol. The third kappa shape index (κ3) is 2.59. The van der Waals surface area contributed by atoms with Crippen LogP contribution in [0.25, 0.3) is 0 Å². The largest absolute Gasteiger partial charge is 0.379 e. The van der Waals surface area contributed by atoms with Crippen molar-refractivity contribution in [1.82, 2.24) is 10.2 Å². The second kappa shape index (κ2) is 4.49. The molecule has 4 heteroatoms. The summed E-state index contributed by atoms with van der Waals surface area (Å²) in [4.78, 5) is 0. The molecule has 0 saturated carbocycles. The molecule has 1 aromatic carbocycles. The summed E-state index contributed by atoms with van der Waals surface area (Å²) < 4.78 is 1.09. The maximum absolute atomic E-state index is 3.89. The molecule has 0 spiro atoms. The van der Waals surface area contributed by atoms with Gasteiger partial charge in [0.1, 0.15) is 0 Å². The number of hydrogen-bond donors (Lipinski definition) is 2. The monoisotopic (exact) mass is 265 g/mol. The number of nitrogens with one attached hydrogen (secondary N) is 2. The number of H-pyrrole nitrogens is 1. The summed E-state index contributed by atoms with van der Waals surface area (Å²) in [6.45, 7) is 2.82. The lowest BCUT2D eigenvalue weighted by atomic mass is 10.2. The maximum Gasteiger partial charge on any atom is 0.0568 e. The molecule has 0 saturated heterocycles. The van der Waals surface area contributed by atoms with Crippen molar-refractivity contribution in [3.63, 3.8) is 0 Å². The number of nitrogens with zero attached hydrogens (tertiary/aromatic N) is 1. The lowest BCUT2D eigenvalue weighted by molar-refractivity contribution is 0.981. The zero-order valence-electron chi connectivity index (χ0n) is 8.42. The standard InChI is InChI=1S/C11H12BrN3/c1-8-2-3-11(10(12)6-8)13-7-9-4-5-14-15-9/h2-6,13H,7H2,1H3,(H,14,15). The first kappa shape index (κ1) is 10.2. The topological polar surface area (TPSA) is 40.7 Å². The van der Waals surface area contributed by atoms with Crippen molar-refractivity contribution < 1.29 is 0 Å². The molecule has 1 heterocycles. The molecule has 0 atom stereocenters. The van der Waals surface area contributed by atoms with Gasteiger partial charge in [0.25, 0.3) is 0 Å². The third-order valence-corrected chi connectivity index (χ3v) is 2.81. The predicted octanol–water partition coefficient (Wildman–Crippen LogP) is 3.09. The number of hydrogen-bond acceptors (Lipinski definition) is 2. The number of rotatable bonds is 3. The van der Waals surface area contributed by atoms with E-state index in [0.29, 0.717) is 0 Å². The van der Waals surface area contributed by atoms with Gasteiger partial charge in [-0.15, -0.1) is 0 Å². The highest BCUT2D eigenvalue weighted by Gasteiger charge is 1.99. The molecule has 2 N–H and O–H groups in total. The fourth-order valence-corrected chi connectivity index (χ4v) is 1.97. The number of anilines is 1. The van der Waals surface area contributed by atoms with E-state index in [0.717, 1.165) is 22.4 Å². The van der Waals surface area contributed by atoms with E-state index in [1.807, 2.05) is 6.07 Å². The molecule has 3 nitrogen and oxygen atoms in total. The number of aromatic nitrogens is 2. The summed E-state index contributed by atoms with van der Waals surface area (Å²) in [6, 6.07) is 8.19. The Morgan fingerprint density at radius 2 is 2.27 bits per heavy atom. The van der Waals surface area contributed by atoms with Crippen LogP contribution in [0.15, 0.2) is 34.9 Å². The van der Waals surface area contributed by atoms with Crippen LogP contribution in [-0.4, -0.2) is 10.2 Å². The fourth-order valence-electron chi connectivity index (χ4n) is 1.34. The van der Waals surface area contributed by atoms with Gasteiger partial charge in [-0.05, 0) is 46.6 Å². The van der Waals surface area contributed by atoms with E-state index in [9.17, 15) is 0 Å². The Morgan fingerprint density at radius 3 is 2.93 bits per heavy atom. The highest BCUT2D eigenvalue weighted by atomic mass is 79.9. The minimum Gasteiger partial charge on any atom is -0.379 e. The van der Waals surface area contributed by atoms with Gasteiger partial charge in [0.05, 0.1) is 12.2 Å². The van der Waals surface area contributed by atoms with Crippen LogP contribution in [0.3, 0.4) is 0 Å². The van der Waals surface area contributed by atoms with Crippen LogP contribution < -0.4 is 5.32 Å². The number of aromatic amines is 1. The summed E-state index contributed by atoms with van der Waals surface area (Å²) in [5, 5.41) is 10.1. The van der Waals surface area contributed by atoms with Crippen molar-refractivity contribution in [2.24, 2.45) is 0 Å². The van der Waals surface area contributed by atoms with Crippen molar-refractivity contribution in [2.75, 3.05) is 5.32 Å². The van der Waals surface area contributed by atoms with Crippen LogP contribution in [0.4, 0.5) is 5.69 Å². The predicted molar refractivity (Wildman–Crippen MR) is 64.8 cm³/mol. The summed E-state index contributed by atoms with van der Waals surface area (Å²) in [5.41, 5.74) is 3.41. The van der Waals surface area contributed by atoms with Gasteiger partial charge in [-0.3, -0.25) is 5.10 Å². The number of benzene rings is 1. The van der Waals surface area contributed by atoms with E-state index in [1.165, 1.54) is 5.56 Å². The molecule has 0 aliphatic carbocycles. The summed E-state index contributed by atoms with van der Waals surface area (Å²) in [7, 11) is 0. The smallest absolute Gasteiger partial charge is 0.0568 e. The second-order valence-electron chi connectivity index (χ2n) is 3.42. The Balaban J connectivity index is 2.05. The average molecular weight is 266 g/mol. The number of halogens is 1. The van der Waals surface area contributed by atoms with Crippen LogP contribution in [-0.2, 0) is 6.54 Å². The number of aryl methyl sites for hydroxylation is 1. The minimum absolute atomic E-state index is 0.752. The zero-order chi connectivity index (χ0) is 10.7. The highest BCUT2D eigenvalue weighted by molar-refractivity contribution is 9.10. The molecule has 0 aliphatic rings. The molecule has 0 unspecified atom stereocenters. The van der Waals surface area contributed by atoms with Crippen LogP contribution in [0.5, 0.6) is 0 Å². The van der Waals surface area contributed by atoms with Crippen molar-refractivity contribution >= 4 is 21.6 Å². The van der Waals surface area contributed by atoms with Crippen LogP contribution >= 0.6 is 15.9 Å². The van der Waals surface area contributed by atoms with Crippen LogP contribution in [0.1, 0.15) is 11.3 Å².